The molecule has 0 saturated heterocycles. The number of esters is 2. The van der Waals surface area contributed by atoms with Crippen LogP contribution < -0.4 is 4.90 Å². The lowest BCUT2D eigenvalue weighted by molar-refractivity contribution is 0.0598. The third-order valence-electron chi connectivity index (χ3n) is 4.93. The summed E-state index contributed by atoms with van der Waals surface area (Å²) in [6, 6.07) is 11.0. The molecule has 2 amide bonds. The summed E-state index contributed by atoms with van der Waals surface area (Å²) >= 11 is 0. The number of aromatic nitrogens is 1. The average molecular weight is 404 g/mol. The molecule has 1 aromatic heterocycles. The predicted octanol–water partition coefficient (Wildman–Crippen LogP) is 2.92. The SMILES string of the molecule is COC(=O)c1cc(C(=O)OC)cc(N2C(=O)c3c(C)nc4ccccc4c3C2=O)c1. The first kappa shape index (κ1) is 19.3. The van der Waals surface area contributed by atoms with Crippen LogP contribution in [0, 0.1) is 6.92 Å². The summed E-state index contributed by atoms with van der Waals surface area (Å²) in [6.07, 6.45) is 0. The largest absolute Gasteiger partial charge is 0.465 e. The lowest BCUT2D eigenvalue weighted by atomic mass is 10.0. The monoisotopic (exact) mass is 404 g/mol. The van der Waals surface area contributed by atoms with E-state index >= 15 is 0 Å². The highest BCUT2D eigenvalue weighted by Crippen LogP contribution is 2.35. The van der Waals surface area contributed by atoms with Crippen molar-refractivity contribution in [2.45, 2.75) is 6.92 Å². The number of para-hydroxylation sites is 1. The van der Waals surface area contributed by atoms with Gasteiger partial charge in [-0.3, -0.25) is 14.6 Å². The van der Waals surface area contributed by atoms with Crippen LogP contribution in [0.15, 0.2) is 42.5 Å². The van der Waals surface area contributed by atoms with Gasteiger partial charge in [0.15, 0.2) is 0 Å². The van der Waals surface area contributed by atoms with E-state index in [2.05, 4.69) is 4.98 Å². The number of rotatable bonds is 3. The van der Waals surface area contributed by atoms with E-state index in [1.54, 1.807) is 31.2 Å². The molecule has 3 aromatic rings. The molecule has 0 radical (unpaired) electrons. The average Bonchev–Trinajstić information content (AvgIpc) is 3.03. The Kier molecular flexibility index (Phi) is 4.54. The first-order chi connectivity index (χ1) is 14.4. The van der Waals surface area contributed by atoms with Crippen molar-refractivity contribution < 1.29 is 28.7 Å². The first-order valence-corrected chi connectivity index (χ1v) is 8.97. The Bertz CT molecular complexity index is 1230. The number of amides is 2. The molecule has 2 heterocycles. The van der Waals surface area contributed by atoms with Crippen molar-refractivity contribution in [3.8, 4) is 0 Å². The Morgan fingerprint density at radius 2 is 1.43 bits per heavy atom. The van der Waals surface area contributed by atoms with Crippen molar-refractivity contribution in [1.29, 1.82) is 0 Å². The van der Waals surface area contributed by atoms with Crippen molar-refractivity contribution in [3.05, 3.63) is 70.4 Å². The maximum atomic E-state index is 13.3. The Hall–Kier alpha value is -4.07. The van der Waals surface area contributed by atoms with Gasteiger partial charge in [0.2, 0.25) is 0 Å². The number of ether oxygens (including phenoxy) is 2. The van der Waals surface area contributed by atoms with Gasteiger partial charge < -0.3 is 9.47 Å². The molecular formula is C22H16N2O6. The van der Waals surface area contributed by atoms with E-state index in [0.717, 1.165) is 4.90 Å². The van der Waals surface area contributed by atoms with Crippen LogP contribution >= 0.6 is 0 Å². The maximum Gasteiger partial charge on any atom is 0.337 e. The standard InChI is InChI=1S/C22H16N2O6/c1-11-17-18(15-6-4-5-7-16(15)23-11)20(26)24(19(17)25)14-9-12(21(27)29-2)8-13(10-14)22(28)30-3/h4-10H,1-3H3. The lowest BCUT2D eigenvalue weighted by Gasteiger charge is -2.16. The molecule has 0 unspecified atom stereocenters. The smallest absolute Gasteiger partial charge is 0.337 e. The number of hydrogen-bond donors (Lipinski definition) is 0. The fourth-order valence-electron chi connectivity index (χ4n) is 3.58. The molecule has 30 heavy (non-hydrogen) atoms. The normalized spacial score (nSPS) is 12.8. The molecule has 0 saturated carbocycles. The van der Waals surface area contributed by atoms with Gasteiger partial charge in [0.25, 0.3) is 11.8 Å². The van der Waals surface area contributed by atoms with Crippen LogP contribution in [-0.4, -0.2) is 43.0 Å². The van der Waals surface area contributed by atoms with Crippen LogP contribution in [-0.2, 0) is 9.47 Å². The van der Waals surface area contributed by atoms with E-state index < -0.39 is 23.8 Å². The second-order valence-electron chi connectivity index (χ2n) is 6.66. The molecule has 1 aliphatic rings. The van der Waals surface area contributed by atoms with Gasteiger partial charge in [-0.1, -0.05) is 18.2 Å². The summed E-state index contributed by atoms with van der Waals surface area (Å²) in [5.74, 6) is -2.58. The molecule has 8 nitrogen and oxygen atoms in total. The zero-order valence-electron chi connectivity index (χ0n) is 16.4. The van der Waals surface area contributed by atoms with Gasteiger partial charge in [-0.2, -0.15) is 0 Å². The van der Waals surface area contributed by atoms with Crippen LogP contribution in [0.3, 0.4) is 0 Å². The highest BCUT2D eigenvalue weighted by Gasteiger charge is 2.40. The molecule has 0 aliphatic carbocycles. The van der Waals surface area contributed by atoms with Gasteiger partial charge in [0.05, 0.1) is 53.4 Å². The van der Waals surface area contributed by atoms with Gasteiger partial charge in [0, 0.05) is 5.39 Å². The van der Waals surface area contributed by atoms with Gasteiger partial charge >= 0.3 is 11.9 Å². The molecule has 4 rings (SSSR count). The van der Waals surface area contributed by atoms with Crippen LogP contribution in [0.2, 0.25) is 0 Å². The molecule has 0 spiro atoms. The minimum Gasteiger partial charge on any atom is -0.465 e. The summed E-state index contributed by atoms with van der Waals surface area (Å²) in [5, 5.41) is 0.552. The molecule has 0 N–H and O–H groups in total. The van der Waals surface area contributed by atoms with Gasteiger partial charge in [0.1, 0.15) is 0 Å². The Morgan fingerprint density at radius 1 is 0.867 bits per heavy atom. The number of pyridine rings is 1. The highest BCUT2D eigenvalue weighted by atomic mass is 16.5. The van der Waals surface area contributed by atoms with E-state index in [1.807, 2.05) is 0 Å². The van der Waals surface area contributed by atoms with Gasteiger partial charge in [-0.05, 0) is 31.2 Å². The minimum atomic E-state index is -0.720. The fourth-order valence-corrected chi connectivity index (χ4v) is 3.58. The number of fused-ring (bicyclic) bond motifs is 3. The number of carbonyl (C=O) groups is 4. The van der Waals surface area contributed by atoms with E-state index in [0.29, 0.717) is 16.6 Å². The lowest BCUT2D eigenvalue weighted by Crippen LogP contribution is -2.30. The van der Waals surface area contributed by atoms with Crippen LogP contribution in [0.25, 0.3) is 10.9 Å². The van der Waals surface area contributed by atoms with Crippen LogP contribution in [0.4, 0.5) is 5.69 Å². The molecule has 8 heteroatoms. The second kappa shape index (κ2) is 7.07. The number of carbonyl (C=O) groups excluding carboxylic acids is 4. The fraction of sp³-hybridized carbons (Fsp3) is 0.136. The number of imide groups is 1. The summed E-state index contributed by atoms with van der Waals surface area (Å²) in [4.78, 5) is 56.1. The number of anilines is 1. The van der Waals surface area contributed by atoms with Gasteiger partial charge in [-0.15, -0.1) is 0 Å². The van der Waals surface area contributed by atoms with E-state index in [4.69, 9.17) is 9.47 Å². The number of nitrogens with zero attached hydrogens (tertiary/aromatic N) is 2. The van der Waals surface area contributed by atoms with Crippen LogP contribution in [0.1, 0.15) is 47.1 Å². The molecule has 0 atom stereocenters. The quantitative estimate of drug-likeness (QED) is 0.488. The molecular weight excluding hydrogens is 388 g/mol. The summed E-state index contributed by atoms with van der Waals surface area (Å²) in [6.45, 7) is 1.66. The Labute approximate surface area is 171 Å². The molecule has 1 aliphatic heterocycles. The number of methoxy groups -OCH3 is 2. The predicted molar refractivity (Wildman–Crippen MR) is 107 cm³/mol. The first-order valence-electron chi connectivity index (χ1n) is 8.97. The zero-order valence-corrected chi connectivity index (χ0v) is 16.4. The van der Waals surface area contributed by atoms with E-state index in [1.165, 1.54) is 32.4 Å². The topological polar surface area (TPSA) is 103 Å². The summed E-state index contributed by atoms with van der Waals surface area (Å²) < 4.78 is 9.45. The van der Waals surface area contributed by atoms with Crippen molar-refractivity contribution >= 4 is 40.3 Å². The van der Waals surface area contributed by atoms with E-state index in [-0.39, 0.29) is 27.9 Å². The summed E-state index contributed by atoms with van der Waals surface area (Å²) in [7, 11) is 2.38. The maximum absolute atomic E-state index is 13.3. The highest BCUT2D eigenvalue weighted by molar-refractivity contribution is 6.38. The second-order valence-corrected chi connectivity index (χ2v) is 6.66. The van der Waals surface area contributed by atoms with Gasteiger partial charge in [-0.25, -0.2) is 14.5 Å². The third kappa shape index (κ3) is 2.81. The van der Waals surface area contributed by atoms with Crippen molar-refractivity contribution in [3.63, 3.8) is 0 Å². The van der Waals surface area contributed by atoms with E-state index in [9.17, 15) is 19.2 Å². The number of aryl methyl sites for hydroxylation is 1. The molecule has 150 valence electrons. The van der Waals surface area contributed by atoms with Crippen molar-refractivity contribution in [1.82, 2.24) is 4.98 Å². The Morgan fingerprint density at radius 3 is 2.03 bits per heavy atom. The number of benzene rings is 2. The molecule has 0 bridgehead atoms. The van der Waals surface area contributed by atoms with Crippen molar-refractivity contribution in [2.75, 3.05) is 19.1 Å². The third-order valence-corrected chi connectivity index (χ3v) is 4.93. The zero-order chi connectivity index (χ0) is 21.6. The Balaban J connectivity index is 1.93. The van der Waals surface area contributed by atoms with Crippen LogP contribution in [0.5, 0.6) is 0 Å². The minimum absolute atomic E-state index is 0.00617. The number of hydrogen-bond acceptors (Lipinski definition) is 7. The molecule has 0 fully saturated rings. The van der Waals surface area contributed by atoms with Crippen molar-refractivity contribution in [2.24, 2.45) is 0 Å². The molecule has 2 aromatic carbocycles. The summed E-state index contributed by atoms with van der Waals surface area (Å²) in [5.41, 5.74) is 1.52.